The van der Waals surface area contributed by atoms with Crippen LogP contribution in [-0.2, 0) is 9.59 Å². The van der Waals surface area contributed by atoms with Crippen LogP contribution in [0.1, 0.15) is 18.4 Å². The average Bonchev–Trinajstić information content (AvgIpc) is 2.85. The minimum Gasteiger partial charge on any atom is -0.353 e. The standard InChI is InChI=1S/C24H28N6O2/c25-17-20-5-4-10-26-23(20)30-15-13-28(14-16-30)18-22(31)29-11-8-19(9-12-29)24(32)27-21-6-2-1-3-7-21/h1-7,10,19H,8-9,11-16,18H2,(H,27,32). The third-order valence-corrected chi connectivity index (χ3v) is 6.20. The number of piperazine rings is 1. The number of nitrogens with one attached hydrogen (secondary N) is 1. The van der Waals surface area contributed by atoms with E-state index < -0.39 is 0 Å². The van der Waals surface area contributed by atoms with E-state index in [0.29, 0.717) is 38.0 Å². The third kappa shape index (κ3) is 5.24. The van der Waals surface area contributed by atoms with E-state index in [2.05, 4.69) is 26.2 Å². The molecule has 0 unspecified atom stereocenters. The number of hydrogen-bond donors (Lipinski definition) is 1. The molecule has 0 saturated carbocycles. The van der Waals surface area contributed by atoms with Crippen LogP contribution in [0.15, 0.2) is 48.7 Å². The molecule has 166 valence electrons. The van der Waals surface area contributed by atoms with Gasteiger partial charge in [0.2, 0.25) is 11.8 Å². The fraction of sp³-hybridized carbons (Fsp3) is 0.417. The highest BCUT2D eigenvalue weighted by atomic mass is 16.2. The lowest BCUT2D eigenvalue weighted by atomic mass is 9.95. The molecule has 8 heteroatoms. The minimum absolute atomic E-state index is 0.0330. The molecular weight excluding hydrogens is 404 g/mol. The molecular formula is C24H28N6O2. The van der Waals surface area contributed by atoms with Gasteiger partial charge in [0.15, 0.2) is 0 Å². The maximum absolute atomic E-state index is 12.8. The van der Waals surface area contributed by atoms with Gasteiger partial charge in [0, 0.05) is 57.1 Å². The molecule has 4 rings (SSSR count). The van der Waals surface area contributed by atoms with Gasteiger partial charge in [-0.3, -0.25) is 14.5 Å². The molecule has 32 heavy (non-hydrogen) atoms. The molecule has 0 radical (unpaired) electrons. The first-order valence-electron chi connectivity index (χ1n) is 11.1. The second kappa shape index (κ2) is 10.2. The highest BCUT2D eigenvalue weighted by Gasteiger charge is 2.29. The van der Waals surface area contributed by atoms with E-state index in [1.54, 1.807) is 18.3 Å². The number of anilines is 2. The Morgan fingerprint density at radius 3 is 2.41 bits per heavy atom. The maximum atomic E-state index is 12.8. The number of carbonyl (C=O) groups is 2. The zero-order valence-corrected chi connectivity index (χ0v) is 18.1. The maximum Gasteiger partial charge on any atom is 0.236 e. The first kappa shape index (κ1) is 21.8. The lowest BCUT2D eigenvalue weighted by molar-refractivity contribution is -0.135. The van der Waals surface area contributed by atoms with E-state index in [1.807, 2.05) is 35.2 Å². The van der Waals surface area contributed by atoms with Crippen molar-refractivity contribution in [1.29, 1.82) is 5.26 Å². The van der Waals surface area contributed by atoms with Crippen LogP contribution in [0.4, 0.5) is 11.5 Å². The van der Waals surface area contributed by atoms with Gasteiger partial charge in [-0.2, -0.15) is 5.26 Å². The molecule has 1 N–H and O–H groups in total. The van der Waals surface area contributed by atoms with Crippen molar-refractivity contribution in [3.8, 4) is 6.07 Å². The molecule has 2 fully saturated rings. The van der Waals surface area contributed by atoms with Gasteiger partial charge in [0.1, 0.15) is 11.9 Å². The summed E-state index contributed by atoms with van der Waals surface area (Å²) in [7, 11) is 0. The highest BCUT2D eigenvalue weighted by molar-refractivity contribution is 5.92. The van der Waals surface area contributed by atoms with Crippen molar-refractivity contribution in [1.82, 2.24) is 14.8 Å². The summed E-state index contributed by atoms with van der Waals surface area (Å²) in [5, 5.41) is 12.3. The molecule has 2 aliphatic rings. The summed E-state index contributed by atoms with van der Waals surface area (Å²) in [6.07, 6.45) is 3.08. The zero-order valence-electron chi connectivity index (χ0n) is 18.1. The van der Waals surface area contributed by atoms with E-state index in [0.717, 1.165) is 37.7 Å². The average molecular weight is 433 g/mol. The molecule has 2 aromatic rings. The molecule has 0 atom stereocenters. The Morgan fingerprint density at radius 1 is 1.00 bits per heavy atom. The number of nitrogens with zero attached hydrogens (tertiary/aromatic N) is 5. The molecule has 2 amide bonds. The second-order valence-electron chi connectivity index (χ2n) is 8.26. The van der Waals surface area contributed by atoms with Crippen LogP contribution in [0, 0.1) is 17.2 Å². The normalized spacial score (nSPS) is 17.6. The van der Waals surface area contributed by atoms with E-state index >= 15 is 0 Å². The van der Waals surface area contributed by atoms with Crippen molar-refractivity contribution in [2.45, 2.75) is 12.8 Å². The summed E-state index contributed by atoms with van der Waals surface area (Å²) in [5.74, 6) is 0.814. The second-order valence-corrected chi connectivity index (χ2v) is 8.26. The van der Waals surface area contributed by atoms with Gasteiger partial charge in [-0.15, -0.1) is 0 Å². The minimum atomic E-state index is -0.0597. The molecule has 3 heterocycles. The Labute approximate surface area is 188 Å². The van der Waals surface area contributed by atoms with Crippen LogP contribution in [0.5, 0.6) is 0 Å². The summed E-state index contributed by atoms with van der Waals surface area (Å²) < 4.78 is 0. The van der Waals surface area contributed by atoms with Crippen molar-refractivity contribution >= 4 is 23.3 Å². The van der Waals surface area contributed by atoms with Gasteiger partial charge < -0.3 is 15.1 Å². The number of likely N-dealkylation sites (tertiary alicyclic amines) is 1. The van der Waals surface area contributed by atoms with Gasteiger partial charge in [-0.1, -0.05) is 18.2 Å². The number of pyridine rings is 1. The van der Waals surface area contributed by atoms with Crippen molar-refractivity contribution < 1.29 is 9.59 Å². The van der Waals surface area contributed by atoms with Gasteiger partial charge >= 0.3 is 0 Å². The number of piperidine rings is 1. The van der Waals surface area contributed by atoms with Crippen LogP contribution >= 0.6 is 0 Å². The summed E-state index contributed by atoms with van der Waals surface area (Å²) >= 11 is 0. The first-order chi connectivity index (χ1) is 15.6. The summed E-state index contributed by atoms with van der Waals surface area (Å²) in [6.45, 7) is 4.60. The van der Waals surface area contributed by atoms with Gasteiger partial charge in [0.25, 0.3) is 0 Å². The molecule has 0 spiro atoms. The zero-order chi connectivity index (χ0) is 22.3. The summed E-state index contributed by atoms with van der Waals surface area (Å²) in [4.78, 5) is 35.8. The lowest BCUT2D eigenvalue weighted by Gasteiger charge is -2.37. The van der Waals surface area contributed by atoms with E-state index in [4.69, 9.17) is 0 Å². The number of benzene rings is 1. The van der Waals surface area contributed by atoms with Crippen molar-refractivity contribution in [2.24, 2.45) is 5.92 Å². The topological polar surface area (TPSA) is 92.6 Å². The predicted octanol–water partition coefficient (Wildman–Crippen LogP) is 1.95. The SMILES string of the molecule is N#Cc1cccnc1N1CCN(CC(=O)N2CCC(C(=O)Nc3ccccc3)CC2)CC1. The Kier molecular flexibility index (Phi) is 6.97. The van der Waals surface area contributed by atoms with Crippen molar-refractivity contribution in [2.75, 3.05) is 56.0 Å². The van der Waals surface area contributed by atoms with Gasteiger partial charge in [-0.25, -0.2) is 4.98 Å². The third-order valence-electron chi connectivity index (χ3n) is 6.20. The Morgan fingerprint density at radius 2 is 1.72 bits per heavy atom. The van der Waals surface area contributed by atoms with Crippen LogP contribution in [0.3, 0.4) is 0 Å². The fourth-order valence-electron chi connectivity index (χ4n) is 4.30. The Hall–Kier alpha value is -3.44. The van der Waals surface area contributed by atoms with Crippen molar-refractivity contribution in [3.63, 3.8) is 0 Å². The lowest BCUT2D eigenvalue weighted by Crippen LogP contribution is -2.51. The quantitative estimate of drug-likeness (QED) is 0.776. The molecule has 2 aliphatic heterocycles. The fourth-order valence-corrected chi connectivity index (χ4v) is 4.30. The van der Waals surface area contributed by atoms with Crippen LogP contribution < -0.4 is 10.2 Å². The van der Waals surface area contributed by atoms with Crippen LogP contribution in [-0.4, -0.2) is 72.4 Å². The molecule has 2 saturated heterocycles. The monoisotopic (exact) mass is 432 g/mol. The summed E-state index contributed by atoms with van der Waals surface area (Å²) in [6, 6.07) is 15.2. The number of aromatic nitrogens is 1. The molecule has 1 aromatic carbocycles. The number of amides is 2. The van der Waals surface area contributed by atoms with E-state index in [-0.39, 0.29) is 17.7 Å². The number of rotatable bonds is 5. The van der Waals surface area contributed by atoms with E-state index in [1.165, 1.54) is 0 Å². The van der Waals surface area contributed by atoms with Gasteiger partial charge in [-0.05, 0) is 37.1 Å². The number of hydrogen-bond acceptors (Lipinski definition) is 6. The number of carbonyl (C=O) groups excluding carboxylic acids is 2. The van der Waals surface area contributed by atoms with Gasteiger partial charge in [0.05, 0.1) is 12.1 Å². The molecule has 0 bridgehead atoms. The smallest absolute Gasteiger partial charge is 0.236 e. The number of para-hydroxylation sites is 1. The van der Waals surface area contributed by atoms with E-state index in [9.17, 15) is 14.9 Å². The predicted molar refractivity (Wildman–Crippen MR) is 122 cm³/mol. The molecule has 1 aromatic heterocycles. The summed E-state index contributed by atoms with van der Waals surface area (Å²) in [5.41, 5.74) is 1.39. The molecule has 8 nitrogen and oxygen atoms in total. The van der Waals surface area contributed by atoms with Crippen LogP contribution in [0.2, 0.25) is 0 Å². The highest BCUT2D eigenvalue weighted by Crippen LogP contribution is 2.21. The van der Waals surface area contributed by atoms with Crippen LogP contribution in [0.25, 0.3) is 0 Å². The Balaban J connectivity index is 1.21. The first-order valence-corrected chi connectivity index (χ1v) is 11.1. The number of nitriles is 1. The molecule has 0 aliphatic carbocycles. The van der Waals surface area contributed by atoms with Crippen molar-refractivity contribution in [3.05, 3.63) is 54.2 Å². The Bertz CT molecular complexity index is 973. The largest absolute Gasteiger partial charge is 0.353 e.